The number of imidazole rings is 1. The zero-order chi connectivity index (χ0) is 31.3. The highest BCUT2D eigenvalue weighted by Crippen LogP contribution is 2.21. The number of likely N-dealkylation sites (N-methyl/N-ethyl adjacent to an activating group) is 2. The van der Waals surface area contributed by atoms with E-state index in [1.54, 1.807) is 29.4 Å². The summed E-state index contributed by atoms with van der Waals surface area (Å²) in [6, 6.07) is 18.3. The summed E-state index contributed by atoms with van der Waals surface area (Å²) in [5, 5.41) is 7.65. The molecule has 10 heteroatoms. The standard InChI is InChI=1S/C35H39N9O/c1-25-5-7-26(8-6-25)9-10-27-19-28-20-37-35(39-30-13-11-29(12-14-30)38-31-15-16-42(4)22-31)40-33(28)44(34(27)45)23-32-21-36-24-43(32)18-17-41(2)3/h5-8,11-14,19-21,24,31,38H,15-18,22-23H2,1-4H3,(H,37,39,40). The summed E-state index contributed by atoms with van der Waals surface area (Å²) in [5.74, 6) is 6.67. The minimum atomic E-state index is -0.208. The third-order valence-corrected chi connectivity index (χ3v) is 8.03. The number of nitrogens with one attached hydrogen (secondary N) is 2. The average Bonchev–Trinajstić information content (AvgIpc) is 3.66. The van der Waals surface area contributed by atoms with E-state index in [0.29, 0.717) is 29.7 Å². The van der Waals surface area contributed by atoms with Crippen molar-refractivity contribution < 1.29 is 0 Å². The molecule has 1 atom stereocenters. The molecule has 5 aromatic rings. The van der Waals surface area contributed by atoms with Gasteiger partial charge in [0.2, 0.25) is 5.95 Å². The highest BCUT2D eigenvalue weighted by molar-refractivity contribution is 5.77. The van der Waals surface area contributed by atoms with Gasteiger partial charge in [-0.3, -0.25) is 9.36 Å². The number of aryl methyl sites for hydroxylation is 1. The van der Waals surface area contributed by atoms with Crippen molar-refractivity contribution in [3.8, 4) is 11.8 Å². The van der Waals surface area contributed by atoms with Crippen LogP contribution in [0, 0.1) is 18.8 Å². The third-order valence-electron chi connectivity index (χ3n) is 8.03. The van der Waals surface area contributed by atoms with Gasteiger partial charge in [0, 0.05) is 60.4 Å². The minimum absolute atomic E-state index is 0.208. The van der Waals surface area contributed by atoms with Gasteiger partial charge in [-0.2, -0.15) is 4.98 Å². The first-order valence-electron chi connectivity index (χ1n) is 15.3. The van der Waals surface area contributed by atoms with Gasteiger partial charge in [0.15, 0.2) is 0 Å². The molecule has 0 saturated carbocycles. The second-order valence-electron chi connectivity index (χ2n) is 12.0. The van der Waals surface area contributed by atoms with E-state index in [4.69, 9.17) is 4.98 Å². The first-order valence-corrected chi connectivity index (χ1v) is 15.3. The number of nitrogens with zero attached hydrogens (tertiary/aromatic N) is 7. The number of fused-ring (bicyclic) bond motifs is 1. The molecule has 45 heavy (non-hydrogen) atoms. The van der Waals surface area contributed by atoms with Crippen LogP contribution in [0.2, 0.25) is 0 Å². The predicted octanol–water partition coefficient (Wildman–Crippen LogP) is 4.17. The van der Waals surface area contributed by atoms with Crippen LogP contribution in [0.15, 0.2) is 78.1 Å². The van der Waals surface area contributed by atoms with Crippen LogP contribution < -0.4 is 16.2 Å². The highest BCUT2D eigenvalue weighted by Gasteiger charge is 2.19. The van der Waals surface area contributed by atoms with Gasteiger partial charge in [0.05, 0.1) is 24.1 Å². The lowest BCUT2D eigenvalue weighted by Gasteiger charge is -2.16. The van der Waals surface area contributed by atoms with Gasteiger partial charge < -0.3 is 25.0 Å². The molecule has 10 nitrogen and oxygen atoms in total. The van der Waals surface area contributed by atoms with Crippen molar-refractivity contribution >= 4 is 28.4 Å². The van der Waals surface area contributed by atoms with E-state index in [0.717, 1.165) is 66.2 Å². The Morgan fingerprint density at radius 1 is 1.02 bits per heavy atom. The fourth-order valence-corrected chi connectivity index (χ4v) is 5.45. The molecule has 230 valence electrons. The zero-order valence-electron chi connectivity index (χ0n) is 26.3. The molecular formula is C35H39N9O. The molecule has 1 fully saturated rings. The summed E-state index contributed by atoms with van der Waals surface area (Å²) in [6.45, 7) is 6.10. The lowest BCUT2D eigenvalue weighted by Crippen LogP contribution is -2.26. The van der Waals surface area contributed by atoms with Gasteiger partial charge in [-0.1, -0.05) is 29.5 Å². The number of benzene rings is 2. The molecule has 0 amide bonds. The number of pyridine rings is 1. The van der Waals surface area contributed by atoms with E-state index < -0.39 is 0 Å². The van der Waals surface area contributed by atoms with Gasteiger partial charge >= 0.3 is 0 Å². The molecule has 1 aliphatic rings. The molecule has 1 aliphatic heterocycles. The van der Waals surface area contributed by atoms with Crippen molar-refractivity contribution in [3.63, 3.8) is 0 Å². The van der Waals surface area contributed by atoms with E-state index in [1.807, 2.05) is 57.4 Å². The molecule has 2 N–H and O–H groups in total. The Bertz CT molecular complexity index is 1900. The van der Waals surface area contributed by atoms with Crippen molar-refractivity contribution in [3.05, 3.63) is 106 Å². The summed E-state index contributed by atoms with van der Waals surface area (Å²) >= 11 is 0. The van der Waals surface area contributed by atoms with Crippen LogP contribution in [0.4, 0.5) is 17.3 Å². The molecule has 1 saturated heterocycles. The maximum Gasteiger partial charge on any atom is 0.268 e. The largest absolute Gasteiger partial charge is 0.381 e. The van der Waals surface area contributed by atoms with Crippen molar-refractivity contribution in [2.24, 2.45) is 0 Å². The number of aromatic nitrogens is 5. The Balaban J connectivity index is 1.32. The fourth-order valence-electron chi connectivity index (χ4n) is 5.45. The van der Waals surface area contributed by atoms with Crippen molar-refractivity contribution in [2.45, 2.75) is 32.5 Å². The number of hydrogen-bond donors (Lipinski definition) is 2. The van der Waals surface area contributed by atoms with E-state index in [-0.39, 0.29) is 5.56 Å². The van der Waals surface area contributed by atoms with Crippen molar-refractivity contribution in [2.75, 3.05) is 51.4 Å². The molecule has 6 rings (SSSR count). The Labute approximate surface area is 263 Å². The van der Waals surface area contributed by atoms with Gasteiger partial charge in [-0.25, -0.2) is 9.97 Å². The minimum Gasteiger partial charge on any atom is -0.381 e. The molecule has 0 aliphatic carbocycles. The van der Waals surface area contributed by atoms with Crippen LogP contribution in [0.3, 0.4) is 0 Å². The SMILES string of the molecule is Cc1ccc(C#Cc2cc3cnc(Nc4ccc(NC5CCN(C)C5)cc4)nc3n(Cc3cncn3CCN(C)C)c2=O)cc1. The summed E-state index contributed by atoms with van der Waals surface area (Å²) < 4.78 is 3.75. The molecular weight excluding hydrogens is 562 g/mol. The molecule has 3 aromatic heterocycles. The smallest absolute Gasteiger partial charge is 0.268 e. The number of rotatable bonds is 9. The number of anilines is 3. The van der Waals surface area contributed by atoms with E-state index >= 15 is 0 Å². The molecule has 0 spiro atoms. The lowest BCUT2D eigenvalue weighted by atomic mass is 10.1. The van der Waals surface area contributed by atoms with E-state index in [2.05, 4.69) is 66.0 Å². The van der Waals surface area contributed by atoms with Gasteiger partial charge in [0.25, 0.3) is 5.56 Å². The van der Waals surface area contributed by atoms with Crippen LogP contribution in [0.5, 0.6) is 0 Å². The molecule has 0 radical (unpaired) electrons. The average molecular weight is 602 g/mol. The maximum absolute atomic E-state index is 14.0. The fraction of sp³-hybridized carbons (Fsp3) is 0.314. The lowest BCUT2D eigenvalue weighted by molar-refractivity contribution is 0.380. The van der Waals surface area contributed by atoms with Crippen LogP contribution >= 0.6 is 0 Å². The molecule has 0 bridgehead atoms. The first-order chi connectivity index (χ1) is 21.8. The van der Waals surface area contributed by atoms with Crippen molar-refractivity contribution in [1.82, 2.24) is 33.9 Å². The summed E-state index contributed by atoms with van der Waals surface area (Å²) in [4.78, 5) is 32.2. The molecule has 4 heterocycles. The maximum atomic E-state index is 14.0. The van der Waals surface area contributed by atoms with E-state index in [1.165, 1.54) is 0 Å². The van der Waals surface area contributed by atoms with Crippen LogP contribution in [0.25, 0.3) is 11.0 Å². The van der Waals surface area contributed by atoms with Gasteiger partial charge in [0.1, 0.15) is 5.65 Å². The van der Waals surface area contributed by atoms with E-state index in [9.17, 15) is 4.79 Å². The third kappa shape index (κ3) is 7.40. The summed E-state index contributed by atoms with van der Waals surface area (Å²) in [7, 11) is 6.22. The normalized spacial score (nSPS) is 14.9. The van der Waals surface area contributed by atoms with Gasteiger partial charge in [-0.15, -0.1) is 0 Å². The van der Waals surface area contributed by atoms with Crippen LogP contribution in [0.1, 0.15) is 28.8 Å². The number of hydrogen-bond acceptors (Lipinski definition) is 8. The number of likely N-dealkylation sites (tertiary alicyclic amines) is 1. The Kier molecular flexibility index (Phi) is 8.91. The second kappa shape index (κ2) is 13.3. The summed E-state index contributed by atoms with van der Waals surface area (Å²) in [6.07, 6.45) is 6.49. The molecule has 1 unspecified atom stereocenters. The highest BCUT2D eigenvalue weighted by atomic mass is 16.1. The second-order valence-corrected chi connectivity index (χ2v) is 12.0. The Morgan fingerprint density at radius 2 is 1.80 bits per heavy atom. The summed E-state index contributed by atoms with van der Waals surface area (Å²) in [5.41, 5.74) is 5.57. The van der Waals surface area contributed by atoms with Gasteiger partial charge in [-0.05, 0) is 83.5 Å². The first kappa shape index (κ1) is 30.1. The van der Waals surface area contributed by atoms with Crippen LogP contribution in [-0.4, -0.2) is 80.7 Å². The molecule has 2 aromatic carbocycles. The zero-order valence-corrected chi connectivity index (χ0v) is 26.3. The Morgan fingerprint density at radius 3 is 2.53 bits per heavy atom. The monoisotopic (exact) mass is 601 g/mol. The predicted molar refractivity (Wildman–Crippen MR) is 180 cm³/mol. The quantitative estimate of drug-likeness (QED) is 0.243. The topological polar surface area (TPSA) is 96.1 Å². The van der Waals surface area contributed by atoms with Crippen molar-refractivity contribution in [1.29, 1.82) is 0 Å². The Hall–Kier alpha value is -4.98. The van der Waals surface area contributed by atoms with Crippen LogP contribution in [-0.2, 0) is 13.1 Å².